The molecule has 4 aromatic rings. The second kappa shape index (κ2) is 8.19. The van der Waals surface area contributed by atoms with Crippen molar-refractivity contribution in [2.45, 2.75) is 11.3 Å². The van der Waals surface area contributed by atoms with Crippen LogP contribution in [0.2, 0.25) is 5.02 Å². The molecule has 0 fully saturated rings. The number of hydrogen-bond acceptors (Lipinski definition) is 8. The zero-order valence-corrected chi connectivity index (χ0v) is 17.9. The highest BCUT2D eigenvalue weighted by atomic mass is 35.5. The number of nitrogens with zero attached hydrogens (tertiary/aromatic N) is 5. The van der Waals surface area contributed by atoms with Gasteiger partial charge in [-0.2, -0.15) is 23.9 Å². The van der Waals surface area contributed by atoms with Gasteiger partial charge in [0.1, 0.15) is 6.07 Å². The number of nitrogen functional groups attached to an aromatic ring is 1. The van der Waals surface area contributed by atoms with Gasteiger partial charge in [-0.15, -0.1) is 9.19 Å². The minimum Gasteiger partial charge on any atom is -0.367 e. The Kier molecular flexibility index (Phi) is 5.41. The Labute approximate surface area is 188 Å². The molecule has 3 aromatic carbocycles. The molecule has 0 spiro atoms. The molecule has 0 bridgehead atoms. The summed E-state index contributed by atoms with van der Waals surface area (Å²) >= 11 is 6.03. The Balaban J connectivity index is 1.75. The van der Waals surface area contributed by atoms with E-state index in [9.17, 15) is 8.42 Å². The van der Waals surface area contributed by atoms with Crippen LogP contribution in [-0.2, 0) is 16.4 Å². The Bertz CT molecular complexity index is 1550. The fourth-order valence-electron chi connectivity index (χ4n) is 3.16. The number of aromatic nitrogens is 3. The average Bonchev–Trinajstić information content (AvgIpc) is 3.14. The molecule has 3 N–H and O–H groups in total. The minimum atomic E-state index is -4.19. The van der Waals surface area contributed by atoms with Gasteiger partial charge in [-0.1, -0.05) is 35.9 Å². The van der Waals surface area contributed by atoms with Gasteiger partial charge in [-0.05, 0) is 41.3 Å². The highest BCUT2D eigenvalue weighted by Gasteiger charge is 2.25. The van der Waals surface area contributed by atoms with Gasteiger partial charge < -0.3 is 11.1 Å². The molecule has 0 unspecified atom stereocenters. The maximum absolute atomic E-state index is 13.4. The van der Waals surface area contributed by atoms with E-state index in [4.69, 9.17) is 27.9 Å². The fraction of sp³-hybridized carbons (Fsp3) is 0.0476. The SMILES string of the molecule is N#CCc1ccc2cccc(S(=O)(=O)n3nc(Nc4ccc(C#N)c(Cl)c4)nc3N)c2c1. The molecule has 0 amide bonds. The van der Waals surface area contributed by atoms with Crippen LogP contribution in [-0.4, -0.2) is 22.6 Å². The van der Waals surface area contributed by atoms with E-state index < -0.39 is 10.0 Å². The first-order chi connectivity index (χ1) is 15.3. The van der Waals surface area contributed by atoms with Crippen molar-refractivity contribution in [1.82, 2.24) is 14.2 Å². The smallest absolute Gasteiger partial charge is 0.286 e. The third-order valence-electron chi connectivity index (χ3n) is 4.64. The Morgan fingerprint density at radius 3 is 2.66 bits per heavy atom. The predicted octanol–water partition coefficient (Wildman–Crippen LogP) is 3.59. The Morgan fingerprint density at radius 1 is 1.12 bits per heavy atom. The van der Waals surface area contributed by atoms with Crippen molar-refractivity contribution >= 4 is 50.0 Å². The van der Waals surface area contributed by atoms with E-state index >= 15 is 0 Å². The number of hydrogen-bond donors (Lipinski definition) is 2. The van der Waals surface area contributed by atoms with Crippen LogP contribution in [0.5, 0.6) is 0 Å². The van der Waals surface area contributed by atoms with Gasteiger partial charge in [-0.3, -0.25) is 0 Å². The van der Waals surface area contributed by atoms with E-state index in [2.05, 4.69) is 21.5 Å². The Hall–Kier alpha value is -4.12. The molecule has 1 heterocycles. The molecular weight excluding hydrogens is 450 g/mol. The zero-order chi connectivity index (χ0) is 22.9. The summed E-state index contributed by atoms with van der Waals surface area (Å²) in [5.41, 5.74) is 7.31. The summed E-state index contributed by atoms with van der Waals surface area (Å²) in [4.78, 5) is 3.97. The van der Waals surface area contributed by atoms with E-state index in [1.165, 1.54) is 18.2 Å². The van der Waals surface area contributed by atoms with Crippen LogP contribution in [0.25, 0.3) is 10.8 Å². The third-order valence-corrected chi connectivity index (χ3v) is 6.59. The number of benzene rings is 3. The molecule has 0 aliphatic carbocycles. The highest BCUT2D eigenvalue weighted by Crippen LogP contribution is 2.28. The van der Waals surface area contributed by atoms with Gasteiger partial charge >= 0.3 is 0 Å². The lowest BCUT2D eigenvalue weighted by molar-refractivity contribution is 0.582. The number of fused-ring (bicyclic) bond motifs is 1. The van der Waals surface area contributed by atoms with Gasteiger partial charge in [-0.25, -0.2) is 0 Å². The topological polar surface area (TPSA) is 150 Å². The summed E-state index contributed by atoms with van der Waals surface area (Å²) in [7, 11) is -4.19. The van der Waals surface area contributed by atoms with Crippen LogP contribution in [0.1, 0.15) is 11.1 Å². The second-order valence-electron chi connectivity index (χ2n) is 6.72. The van der Waals surface area contributed by atoms with Gasteiger partial charge in [0.15, 0.2) is 0 Å². The van der Waals surface area contributed by atoms with Crippen LogP contribution >= 0.6 is 11.6 Å². The van der Waals surface area contributed by atoms with Crippen LogP contribution < -0.4 is 11.1 Å². The van der Waals surface area contributed by atoms with Crippen LogP contribution in [0.4, 0.5) is 17.6 Å². The molecule has 0 saturated carbocycles. The van der Waals surface area contributed by atoms with Gasteiger partial charge in [0.2, 0.25) is 11.9 Å². The molecule has 158 valence electrons. The number of anilines is 3. The number of nitrogens with two attached hydrogens (primary N) is 1. The summed E-state index contributed by atoms with van der Waals surface area (Å²) in [5, 5.41) is 26.1. The molecule has 11 heteroatoms. The van der Waals surface area contributed by atoms with E-state index in [0.717, 1.165) is 0 Å². The standard InChI is InChI=1S/C21H14ClN7O2S/c22-18-11-16(7-6-15(18)12-24)26-21-27-20(25)29(28-21)32(30,31)19-3-1-2-14-5-4-13(8-9-23)10-17(14)19/h1-7,10-11H,8H2,(H3,25,26,27,28). The molecular formula is C21H14ClN7O2S. The Morgan fingerprint density at radius 2 is 1.94 bits per heavy atom. The van der Waals surface area contributed by atoms with Crippen molar-refractivity contribution in [3.63, 3.8) is 0 Å². The number of rotatable bonds is 5. The van der Waals surface area contributed by atoms with Crippen molar-refractivity contribution in [2.24, 2.45) is 0 Å². The van der Waals surface area contributed by atoms with Crippen LogP contribution in [0, 0.1) is 22.7 Å². The van der Waals surface area contributed by atoms with Crippen LogP contribution in [0.15, 0.2) is 59.5 Å². The molecule has 0 atom stereocenters. The average molecular weight is 464 g/mol. The van der Waals surface area contributed by atoms with Crippen molar-refractivity contribution < 1.29 is 8.42 Å². The molecule has 32 heavy (non-hydrogen) atoms. The maximum Gasteiger partial charge on any atom is 0.286 e. The number of nitriles is 2. The van der Waals surface area contributed by atoms with Crippen molar-refractivity contribution in [2.75, 3.05) is 11.1 Å². The van der Waals surface area contributed by atoms with Crippen molar-refractivity contribution in [3.8, 4) is 12.1 Å². The number of halogens is 1. The first kappa shape index (κ1) is 21.1. The van der Waals surface area contributed by atoms with Gasteiger partial charge in [0.25, 0.3) is 10.0 Å². The fourth-order valence-corrected chi connectivity index (χ4v) is 4.75. The number of nitrogens with one attached hydrogen (secondary N) is 1. The lowest BCUT2D eigenvalue weighted by Gasteiger charge is -2.09. The van der Waals surface area contributed by atoms with Gasteiger partial charge in [0.05, 0.1) is 28.0 Å². The minimum absolute atomic E-state index is 0.0145. The third kappa shape index (κ3) is 3.81. The largest absolute Gasteiger partial charge is 0.367 e. The molecule has 1 aromatic heterocycles. The monoisotopic (exact) mass is 463 g/mol. The first-order valence-corrected chi connectivity index (χ1v) is 11.0. The van der Waals surface area contributed by atoms with Gasteiger partial charge in [0, 0.05) is 11.1 Å². The van der Waals surface area contributed by atoms with Crippen LogP contribution in [0.3, 0.4) is 0 Å². The van der Waals surface area contributed by atoms with Crippen molar-refractivity contribution in [3.05, 3.63) is 70.7 Å². The van der Waals surface area contributed by atoms with E-state index in [1.807, 2.05) is 6.07 Å². The summed E-state index contributed by atoms with van der Waals surface area (Å²) in [5.74, 6) is -0.394. The van der Waals surface area contributed by atoms with Crippen molar-refractivity contribution in [1.29, 1.82) is 10.5 Å². The molecule has 9 nitrogen and oxygen atoms in total. The summed E-state index contributed by atoms with van der Waals surface area (Å²) < 4.78 is 27.4. The lowest BCUT2D eigenvalue weighted by Crippen LogP contribution is -2.17. The highest BCUT2D eigenvalue weighted by molar-refractivity contribution is 7.90. The molecule has 0 aliphatic rings. The zero-order valence-electron chi connectivity index (χ0n) is 16.3. The van der Waals surface area contributed by atoms with E-state index in [0.29, 0.717) is 31.7 Å². The first-order valence-electron chi connectivity index (χ1n) is 9.17. The summed E-state index contributed by atoms with van der Waals surface area (Å²) in [6, 6.07) is 18.6. The van der Waals surface area contributed by atoms with E-state index in [-0.39, 0.29) is 28.2 Å². The summed E-state index contributed by atoms with van der Waals surface area (Å²) in [6.07, 6.45) is 0.150. The molecule has 0 radical (unpaired) electrons. The molecule has 0 saturated heterocycles. The van der Waals surface area contributed by atoms with E-state index in [1.54, 1.807) is 36.4 Å². The molecule has 0 aliphatic heterocycles. The summed E-state index contributed by atoms with van der Waals surface area (Å²) in [6.45, 7) is 0. The maximum atomic E-state index is 13.4. The quantitative estimate of drug-likeness (QED) is 0.455. The second-order valence-corrected chi connectivity index (χ2v) is 8.86. The predicted molar refractivity (Wildman–Crippen MR) is 120 cm³/mol. The molecule has 4 rings (SSSR count). The normalized spacial score (nSPS) is 11.1. The lowest BCUT2D eigenvalue weighted by atomic mass is 10.1.